The molecule has 34 heavy (non-hydrogen) atoms. The zero-order valence-corrected chi connectivity index (χ0v) is 19.3. The van der Waals surface area contributed by atoms with Crippen LogP contribution in [-0.2, 0) is 21.2 Å². The molecule has 2 aromatic rings. The van der Waals surface area contributed by atoms with Crippen molar-refractivity contribution in [1.29, 1.82) is 0 Å². The Morgan fingerprint density at radius 1 is 1.09 bits per heavy atom. The van der Waals surface area contributed by atoms with Crippen molar-refractivity contribution in [1.82, 2.24) is 14.7 Å². The molecule has 0 saturated heterocycles. The first kappa shape index (κ1) is 22.8. The van der Waals surface area contributed by atoms with E-state index in [1.54, 1.807) is 4.90 Å². The van der Waals surface area contributed by atoms with Crippen LogP contribution in [-0.4, -0.2) is 56.0 Å². The number of hydrogen-bond donors (Lipinski definition) is 2. The number of aromatic nitrogens is 2. The first-order valence-corrected chi connectivity index (χ1v) is 12.4. The van der Waals surface area contributed by atoms with Crippen molar-refractivity contribution in [3.05, 3.63) is 35.3 Å². The fourth-order valence-corrected chi connectivity index (χ4v) is 5.83. The van der Waals surface area contributed by atoms with Crippen LogP contribution in [0, 0.1) is 17.5 Å². The SMILES string of the molecule is C[C@H]1C(=O)N2CCCc3nc(NC4CC(NS(=O)(=O)c5cc(F)c(F)c(F)c5)C4)nc(c32)N1C. The minimum atomic E-state index is -4.22. The number of hydrogen-bond acceptors (Lipinski definition) is 7. The number of halogens is 3. The second kappa shape index (κ2) is 8.08. The zero-order valence-electron chi connectivity index (χ0n) is 18.5. The predicted octanol–water partition coefficient (Wildman–Crippen LogP) is 1.93. The summed E-state index contributed by atoms with van der Waals surface area (Å²) < 4.78 is 67.3. The Morgan fingerprint density at radius 3 is 2.44 bits per heavy atom. The van der Waals surface area contributed by atoms with Crippen molar-refractivity contribution in [3.63, 3.8) is 0 Å². The van der Waals surface area contributed by atoms with Crippen LogP contribution < -0.4 is 19.8 Å². The third-order valence-electron chi connectivity index (χ3n) is 6.60. The number of nitrogens with one attached hydrogen (secondary N) is 2. The van der Waals surface area contributed by atoms with Gasteiger partial charge in [-0.1, -0.05) is 0 Å². The summed E-state index contributed by atoms with van der Waals surface area (Å²) in [5.74, 6) is -3.75. The van der Waals surface area contributed by atoms with Crippen molar-refractivity contribution in [2.75, 3.05) is 28.7 Å². The lowest BCUT2D eigenvalue weighted by molar-refractivity contribution is -0.119. The van der Waals surface area contributed by atoms with Crippen LogP contribution in [0.4, 0.5) is 30.6 Å². The van der Waals surface area contributed by atoms with Crippen LogP contribution >= 0.6 is 0 Å². The average Bonchev–Trinajstić information content (AvgIpc) is 2.77. The van der Waals surface area contributed by atoms with Crippen molar-refractivity contribution in [2.45, 2.75) is 55.6 Å². The second-order valence-corrected chi connectivity index (χ2v) is 10.6. The molecule has 1 fully saturated rings. The molecule has 1 aliphatic carbocycles. The topological polar surface area (TPSA) is 108 Å². The molecule has 5 rings (SSSR count). The van der Waals surface area contributed by atoms with E-state index in [-0.39, 0.29) is 18.0 Å². The number of nitrogens with zero attached hydrogens (tertiary/aromatic N) is 4. The molecule has 1 aromatic heterocycles. The number of anilines is 3. The lowest BCUT2D eigenvalue weighted by Crippen LogP contribution is -2.53. The Labute approximate surface area is 194 Å². The Kier molecular flexibility index (Phi) is 5.43. The highest BCUT2D eigenvalue weighted by Crippen LogP contribution is 2.40. The summed E-state index contributed by atoms with van der Waals surface area (Å²) >= 11 is 0. The van der Waals surface area contributed by atoms with Crippen LogP contribution in [0.5, 0.6) is 0 Å². The lowest BCUT2D eigenvalue weighted by Gasteiger charge is -2.42. The largest absolute Gasteiger partial charge is 0.351 e. The lowest BCUT2D eigenvalue weighted by atomic mass is 9.88. The molecule has 3 heterocycles. The number of amides is 1. The maximum absolute atomic E-state index is 13.4. The zero-order chi connectivity index (χ0) is 24.4. The molecule has 1 saturated carbocycles. The highest BCUT2D eigenvalue weighted by Gasteiger charge is 2.40. The van der Waals surface area contributed by atoms with E-state index in [4.69, 9.17) is 0 Å². The fourth-order valence-electron chi connectivity index (χ4n) is 4.55. The minimum absolute atomic E-state index is 0.0234. The number of likely N-dealkylation sites (N-methyl/N-ethyl adjacent to an activating group) is 1. The van der Waals surface area contributed by atoms with Crippen molar-refractivity contribution < 1.29 is 26.4 Å². The first-order chi connectivity index (χ1) is 16.0. The summed E-state index contributed by atoms with van der Waals surface area (Å²) in [4.78, 5) is 24.8. The molecule has 1 amide bonds. The van der Waals surface area contributed by atoms with E-state index < -0.39 is 38.4 Å². The molecule has 3 aliphatic rings. The van der Waals surface area contributed by atoms with E-state index in [2.05, 4.69) is 20.0 Å². The van der Waals surface area contributed by atoms with E-state index in [9.17, 15) is 26.4 Å². The predicted molar refractivity (Wildman–Crippen MR) is 118 cm³/mol. The average molecular weight is 497 g/mol. The Hall–Kier alpha value is -2.93. The summed E-state index contributed by atoms with van der Waals surface area (Å²) in [5.41, 5.74) is 1.54. The summed E-state index contributed by atoms with van der Waals surface area (Å²) in [6.45, 7) is 2.47. The molecule has 0 spiro atoms. The molecule has 0 unspecified atom stereocenters. The molecule has 2 aliphatic heterocycles. The van der Waals surface area contributed by atoms with Crippen molar-refractivity contribution >= 4 is 33.4 Å². The van der Waals surface area contributed by atoms with E-state index in [1.165, 1.54) is 0 Å². The smallest absolute Gasteiger partial charge is 0.249 e. The van der Waals surface area contributed by atoms with Crippen LogP contribution in [0.1, 0.15) is 31.9 Å². The number of aryl methyl sites for hydroxylation is 1. The third-order valence-corrected chi connectivity index (χ3v) is 8.10. The molecule has 182 valence electrons. The minimum Gasteiger partial charge on any atom is -0.351 e. The van der Waals surface area contributed by atoms with Gasteiger partial charge in [0, 0.05) is 25.7 Å². The van der Waals surface area contributed by atoms with E-state index in [0.29, 0.717) is 43.3 Å². The van der Waals surface area contributed by atoms with Gasteiger partial charge in [0.2, 0.25) is 21.9 Å². The van der Waals surface area contributed by atoms with Gasteiger partial charge in [0.25, 0.3) is 0 Å². The van der Waals surface area contributed by atoms with E-state index in [1.807, 2.05) is 18.9 Å². The van der Waals surface area contributed by atoms with E-state index >= 15 is 0 Å². The fraction of sp³-hybridized carbons (Fsp3) is 0.476. The van der Waals surface area contributed by atoms with Gasteiger partial charge in [-0.2, -0.15) is 4.98 Å². The summed E-state index contributed by atoms with van der Waals surface area (Å²) in [6, 6.07) is -0.0250. The molecule has 1 aromatic carbocycles. The standard InChI is InChI=1S/C21H23F3N6O3S/c1-10-20(31)30-5-3-4-16-18(30)19(29(10)2)27-21(26-16)25-11-6-12(7-11)28-34(32,33)13-8-14(22)17(24)15(23)9-13/h8-12,28H,3-7H2,1-2H3,(H,25,26,27)/t10-,11?,12?/m0/s1. The summed E-state index contributed by atoms with van der Waals surface area (Å²) in [7, 11) is -2.40. The molecule has 0 radical (unpaired) electrons. The van der Waals surface area contributed by atoms with Gasteiger partial charge in [0.05, 0.1) is 10.6 Å². The Bertz CT molecular complexity index is 1260. The second-order valence-electron chi connectivity index (χ2n) is 8.88. The van der Waals surface area contributed by atoms with Crippen LogP contribution in [0.25, 0.3) is 0 Å². The van der Waals surface area contributed by atoms with Gasteiger partial charge < -0.3 is 15.1 Å². The molecule has 9 nitrogen and oxygen atoms in total. The Balaban J connectivity index is 1.27. The Morgan fingerprint density at radius 2 is 1.76 bits per heavy atom. The third kappa shape index (κ3) is 3.76. The molecule has 1 atom stereocenters. The van der Waals surface area contributed by atoms with Gasteiger partial charge >= 0.3 is 0 Å². The van der Waals surface area contributed by atoms with E-state index in [0.717, 1.165) is 24.2 Å². The van der Waals surface area contributed by atoms with Crippen LogP contribution in [0.2, 0.25) is 0 Å². The van der Waals surface area contributed by atoms with Gasteiger partial charge in [-0.15, -0.1) is 0 Å². The summed E-state index contributed by atoms with van der Waals surface area (Å²) in [5, 5.41) is 3.21. The number of rotatable bonds is 5. The highest BCUT2D eigenvalue weighted by atomic mass is 32.2. The number of carbonyl (C=O) groups excluding carboxylic acids is 1. The van der Waals surface area contributed by atoms with Crippen molar-refractivity contribution in [3.8, 4) is 0 Å². The van der Waals surface area contributed by atoms with Gasteiger partial charge in [0.15, 0.2) is 23.3 Å². The maximum atomic E-state index is 13.4. The number of sulfonamides is 1. The monoisotopic (exact) mass is 496 g/mol. The highest BCUT2D eigenvalue weighted by molar-refractivity contribution is 7.89. The number of carbonyl (C=O) groups is 1. The molecule has 0 bridgehead atoms. The summed E-state index contributed by atoms with van der Waals surface area (Å²) in [6.07, 6.45) is 2.34. The van der Waals surface area contributed by atoms with Gasteiger partial charge in [-0.05, 0) is 44.7 Å². The van der Waals surface area contributed by atoms with Crippen LogP contribution in [0.15, 0.2) is 17.0 Å². The van der Waals surface area contributed by atoms with Gasteiger partial charge in [0.1, 0.15) is 11.7 Å². The molecule has 2 N–H and O–H groups in total. The molecular weight excluding hydrogens is 473 g/mol. The normalized spacial score (nSPS) is 24.0. The van der Waals surface area contributed by atoms with Gasteiger partial charge in [-0.25, -0.2) is 31.3 Å². The van der Waals surface area contributed by atoms with Crippen LogP contribution in [0.3, 0.4) is 0 Å². The molecule has 13 heteroatoms. The number of benzene rings is 1. The maximum Gasteiger partial charge on any atom is 0.249 e. The quantitative estimate of drug-likeness (QED) is 0.609. The molecular formula is C21H23F3N6O3S. The van der Waals surface area contributed by atoms with Crippen molar-refractivity contribution in [2.24, 2.45) is 0 Å². The van der Waals surface area contributed by atoms with Gasteiger partial charge in [-0.3, -0.25) is 4.79 Å². The first-order valence-electron chi connectivity index (χ1n) is 10.9.